The zero-order valence-corrected chi connectivity index (χ0v) is 19.8. The molecule has 7 nitrogen and oxygen atoms in total. The van der Waals surface area contributed by atoms with Crippen LogP contribution in [0.3, 0.4) is 0 Å². The predicted molar refractivity (Wildman–Crippen MR) is 126 cm³/mol. The van der Waals surface area contributed by atoms with E-state index < -0.39 is 0 Å². The quantitative estimate of drug-likeness (QED) is 0.490. The van der Waals surface area contributed by atoms with Gasteiger partial charge in [-0.1, -0.05) is 23.7 Å². The number of nitrogens with zero attached hydrogens (tertiary/aromatic N) is 1. The minimum Gasteiger partial charge on any atom is -0.496 e. The summed E-state index contributed by atoms with van der Waals surface area (Å²) in [4.78, 5) is 26.9. The molecular weight excluding hydrogens is 446 g/mol. The number of methoxy groups -OCH3 is 2. The Morgan fingerprint density at radius 3 is 2.58 bits per heavy atom. The summed E-state index contributed by atoms with van der Waals surface area (Å²) in [5, 5.41) is 0.814. The lowest BCUT2D eigenvalue weighted by molar-refractivity contribution is -0.142. The Bertz CT molecular complexity index is 1250. The first-order valence-electron chi connectivity index (χ1n) is 10.7. The van der Waals surface area contributed by atoms with Crippen LogP contribution in [0.2, 0.25) is 5.02 Å². The second-order valence-electron chi connectivity index (χ2n) is 8.10. The average molecular weight is 472 g/mol. The Hall–Kier alpha value is -3.03. The van der Waals surface area contributed by atoms with E-state index in [4.69, 9.17) is 30.2 Å². The Morgan fingerprint density at radius 1 is 1.18 bits per heavy atom. The molecule has 2 unspecified atom stereocenters. The molecule has 1 fully saturated rings. The molecule has 0 radical (unpaired) electrons. The zero-order valence-electron chi connectivity index (χ0n) is 19.0. The third kappa shape index (κ3) is 4.30. The molecule has 8 heteroatoms. The molecule has 0 N–H and O–H groups in total. The Balaban J connectivity index is 1.99. The largest absolute Gasteiger partial charge is 0.496 e. The van der Waals surface area contributed by atoms with Crippen LogP contribution in [0.4, 0.5) is 0 Å². The number of carbonyl (C=O) groups excluding carboxylic acids is 1. The van der Waals surface area contributed by atoms with Crippen LogP contribution in [-0.2, 0) is 9.53 Å². The number of likely N-dealkylation sites (tertiary alicyclic amines) is 1. The van der Waals surface area contributed by atoms with Crippen molar-refractivity contribution in [2.75, 3.05) is 34.4 Å². The van der Waals surface area contributed by atoms with Crippen molar-refractivity contribution >= 4 is 28.5 Å². The number of benzene rings is 2. The molecule has 1 aliphatic rings. The maximum absolute atomic E-state index is 13.3. The highest BCUT2D eigenvalue weighted by molar-refractivity contribution is 6.33. The van der Waals surface area contributed by atoms with Gasteiger partial charge in [-0.2, -0.15) is 0 Å². The van der Waals surface area contributed by atoms with Gasteiger partial charge in [0, 0.05) is 36.1 Å². The van der Waals surface area contributed by atoms with Gasteiger partial charge in [0.05, 0.1) is 25.3 Å². The van der Waals surface area contributed by atoms with Crippen LogP contribution < -0.4 is 14.9 Å². The minimum atomic E-state index is -0.340. The SMILES string of the molecule is COc1cc(OC)c2c(=O)cc(-c3ccccc3Cl)oc2c1C1CCN(C)C1COC(C)=O. The second kappa shape index (κ2) is 9.45. The number of rotatable bonds is 6. The van der Waals surface area contributed by atoms with Crippen LogP contribution in [0.15, 0.2) is 45.6 Å². The molecule has 0 amide bonds. The van der Waals surface area contributed by atoms with Gasteiger partial charge < -0.3 is 18.6 Å². The van der Waals surface area contributed by atoms with Crippen LogP contribution in [0.25, 0.3) is 22.3 Å². The lowest BCUT2D eigenvalue weighted by atomic mass is 9.89. The molecule has 4 rings (SSSR count). The van der Waals surface area contributed by atoms with E-state index >= 15 is 0 Å². The first-order valence-corrected chi connectivity index (χ1v) is 11.0. The standard InChI is InChI=1S/C25H26ClNO6/c1-14(28)32-13-18-16(9-10-27(18)2)23-21(30-3)12-22(31-4)24-19(29)11-20(33-25(23)24)15-7-5-6-8-17(15)26/h5-8,11-12,16,18H,9-10,13H2,1-4H3. The van der Waals surface area contributed by atoms with Gasteiger partial charge in [-0.25, -0.2) is 0 Å². The Kier molecular flexibility index (Phi) is 6.63. The van der Waals surface area contributed by atoms with Crippen molar-refractivity contribution in [3.63, 3.8) is 0 Å². The lowest BCUT2D eigenvalue weighted by Crippen LogP contribution is -2.34. The number of halogens is 1. The molecular formula is C25H26ClNO6. The smallest absolute Gasteiger partial charge is 0.302 e. The molecule has 3 aromatic rings. The van der Waals surface area contributed by atoms with Gasteiger partial charge >= 0.3 is 5.97 Å². The number of hydrogen-bond acceptors (Lipinski definition) is 7. The third-order valence-electron chi connectivity index (χ3n) is 6.20. The van der Waals surface area contributed by atoms with Crippen LogP contribution in [-0.4, -0.2) is 51.3 Å². The summed E-state index contributed by atoms with van der Waals surface area (Å²) in [7, 11) is 5.06. The van der Waals surface area contributed by atoms with Gasteiger partial charge in [0.15, 0.2) is 5.43 Å². The monoisotopic (exact) mass is 471 g/mol. The average Bonchev–Trinajstić information content (AvgIpc) is 3.16. The molecule has 0 saturated carbocycles. The fourth-order valence-corrected chi connectivity index (χ4v) is 4.79. The fraction of sp³-hybridized carbons (Fsp3) is 0.360. The van der Waals surface area contributed by atoms with E-state index in [1.807, 2.05) is 19.2 Å². The van der Waals surface area contributed by atoms with E-state index in [9.17, 15) is 9.59 Å². The lowest BCUT2D eigenvalue weighted by Gasteiger charge is -2.26. The van der Waals surface area contributed by atoms with Crippen molar-refractivity contribution in [3.8, 4) is 22.8 Å². The van der Waals surface area contributed by atoms with E-state index in [1.165, 1.54) is 20.1 Å². The molecule has 174 valence electrons. The number of hydrogen-bond donors (Lipinski definition) is 0. The highest BCUT2D eigenvalue weighted by Crippen LogP contribution is 2.45. The van der Waals surface area contributed by atoms with Crippen LogP contribution in [0.5, 0.6) is 11.5 Å². The molecule has 2 aromatic carbocycles. The van der Waals surface area contributed by atoms with Crippen molar-refractivity contribution < 1.29 is 23.4 Å². The number of carbonyl (C=O) groups is 1. The fourth-order valence-electron chi connectivity index (χ4n) is 4.56. The molecule has 0 aliphatic carbocycles. The molecule has 2 atom stereocenters. The molecule has 1 aromatic heterocycles. The predicted octanol–water partition coefficient (Wildman–Crippen LogP) is 4.48. The van der Waals surface area contributed by atoms with Crippen LogP contribution in [0.1, 0.15) is 24.8 Å². The number of likely N-dealkylation sites (N-methyl/N-ethyl adjacent to an activating group) is 1. The summed E-state index contributed by atoms with van der Waals surface area (Å²) >= 11 is 6.39. The molecule has 33 heavy (non-hydrogen) atoms. The molecule has 2 heterocycles. The summed E-state index contributed by atoms with van der Waals surface area (Å²) in [6.07, 6.45) is 0.778. The molecule has 1 saturated heterocycles. The normalized spacial score (nSPS) is 18.5. The molecule has 0 bridgehead atoms. The van der Waals surface area contributed by atoms with E-state index in [0.717, 1.165) is 18.5 Å². The van der Waals surface area contributed by atoms with Crippen LogP contribution in [0, 0.1) is 0 Å². The first kappa shape index (κ1) is 23.1. The third-order valence-corrected chi connectivity index (χ3v) is 6.53. The van der Waals surface area contributed by atoms with E-state index in [2.05, 4.69) is 4.90 Å². The number of fused-ring (bicyclic) bond motifs is 1. The van der Waals surface area contributed by atoms with Crippen molar-refractivity contribution in [2.45, 2.75) is 25.3 Å². The maximum Gasteiger partial charge on any atom is 0.302 e. The second-order valence-corrected chi connectivity index (χ2v) is 8.51. The highest BCUT2D eigenvalue weighted by atomic mass is 35.5. The summed E-state index contributed by atoms with van der Waals surface area (Å²) in [5.74, 6) is 0.841. The van der Waals surface area contributed by atoms with Crippen LogP contribution >= 0.6 is 11.6 Å². The first-order chi connectivity index (χ1) is 15.8. The highest BCUT2D eigenvalue weighted by Gasteiger charge is 2.38. The summed E-state index contributed by atoms with van der Waals surface area (Å²) in [5.41, 5.74) is 1.52. The van der Waals surface area contributed by atoms with Gasteiger partial charge in [0.25, 0.3) is 0 Å². The molecule has 0 spiro atoms. The van der Waals surface area contributed by atoms with E-state index in [0.29, 0.717) is 38.8 Å². The van der Waals surface area contributed by atoms with Crippen molar-refractivity contribution in [1.29, 1.82) is 0 Å². The minimum absolute atomic E-state index is 0.0950. The van der Waals surface area contributed by atoms with Crippen molar-refractivity contribution in [2.24, 2.45) is 0 Å². The van der Waals surface area contributed by atoms with Gasteiger partial charge in [-0.05, 0) is 32.1 Å². The Morgan fingerprint density at radius 2 is 1.91 bits per heavy atom. The summed E-state index contributed by atoms with van der Waals surface area (Å²) < 4.78 is 23.0. The van der Waals surface area contributed by atoms with Gasteiger partial charge in [0.2, 0.25) is 0 Å². The zero-order chi connectivity index (χ0) is 23.7. The summed E-state index contributed by atoms with van der Waals surface area (Å²) in [6, 6.07) is 10.2. The maximum atomic E-state index is 13.3. The van der Waals surface area contributed by atoms with E-state index in [-0.39, 0.29) is 30.0 Å². The topological polar surface area (TPSA) is 78.2 Å². The summed E-state index contributed by atoms with van der Waals surface area (Å²) in [6.45, 7) is 2.41. The number of esters is 1. The number of ether oxygens (including phenoxy) is 3. The van der Waals surface area contributed by atoms with Gasteiger partial charge in [0.1, 0.15) is 34.8 Å². The Labute approximate surface area is 196 Å². The van der Waals surface area contributed by atoms with E-state index in [1.54, 1.807) is 25.3 Å². The molecule has 1 aliphatic heterocycles. The van der Waals surface area contributed by atoms with Crippen molar-refractivity contribution in [1.82, 2.24) is 4.90 Å². The van der Waals surface area contributed by atoms with Crippen molar-refractivity contribution in [3.05, 3.63) is 57.2 Å². The van der Waals surface area contributed by atoms with Gasteiger partial charge in [-0.3, -0.25) is 14.5 Å². The van der Waals surface area contributed by atoms with Gasteiger partial charge in [-0.15, -0.1) is 0 Å².